The summed E-state index contributed by atoms with van der Waals surface area (Å²) in [7, 11) is 0. The molecule has 0 aliphatic carbocycles. The van der Waals surface area contributed by atoms with Crippen LogP contribution in [0.4, 0.5) is 0 Å². The van der Waals surface area contributed by atoms with E-state index in [4.69, 9.17) is 4.74 Å². The molecular formula is C17H32N2OS. The molecule has 3 rings (SSSR count). The lowest BCUT2D eigenvalue weighted by atomic mass is 9.88. The first-order valence-electron chi connectivity index (χ1n) is 8.98. The number of nitrogens with zero attached hydrogens (tertiary/aromatic N) is 1. The van der Waals surface area contributed by atoms with Gasteiger partial charge < -0.3 is 10.1 Å². The molecule has 21 heavy (non-hydrogen) atoms. The van der Waals surface area contributed by atoms with Gasteiger partial charge in [0.25, 0.3) is 0 Å². The SMILES string of the molecule is CCCN(CC1CCCNC1)C1CCOC2(CCSC2)C1. The molecule has 3 aliphatic rings. The number of thioether (sulfide) groups is 1. The van der Waals surface area contributed by atoms with Crippen molar-refractivity contribution in [3.8, 4) is 0 Å². The number of piperidine rings is 1. The van der Waals surface area contributed by atoms with Crippen LogP contribution in [-0.4, -0.2) is 60.8 Å². The molecule has 0 amide bonds. The van der Waals surface area contributed by atoms with Crippen LogP contribution in [0.25, 0.3) is 0 Å². The van der Waals surface area contributed by atoms with Crippen LogP contribution >= 0.6 is 11.8 Å². The lowest BCUT2D eigenvalue weighted by Crippen LogP contribution is -2.51. The fourth-order valence-corrected chi connectivity index (χ4v) is 5.68. The fourth-order valence-electron chi connectivity index (χ4n) is 4.30. The third kappa shape index (κ3) is 4.15. The van der Waals surface area contributed by atoms with E-state index in [1.54, 1.807) is 0 Å². The van der Waals surface area contributed by atoms with Gasteiger partial charge in [-0.25, -0.2) is 0 Å². The van der Waals surface area contributed by atoms with Crippen molar-refractivity contribution in [1.29, 1.82) is 0 Å². The maximum absolute atomic E-state index is 6.22. The molecular weight excluding hydrogens is 280 g/mol. The zero-order chi connectivity index (χ0) is 14.5. The first-order valence-corrected chi connectivity index (χ1v) is 10.1. The zero-order valence-corrected chi connectivity index (χ0v) is 14.4. The molecule has 3 unspecified atom stereocenters. The highest BCUT2D eigenvalue weighted by molar-refractivity contribution is 7.99. The highest BCUT2D eigenvalue weighted by Crippen LogP contribution is 2.39. The van der Waals surface area contributed by atoms with Crippen LogP contribution in [0.1, 0.15) is 45.4 Å². The van der Waals surface area contributed by atoms with Crippen molar-refractivity contribution in [2.75, 3.05) is 44.3 Å². The second-order valence-electron chi connectivity index (χ2n) is 7.19. The van der Waals surface area contributed by atoms with E-state index in [0.29, 0.717) is 0 Å². The molecule has 1 spiro atoms. The minimum atomic E-state index is 0.227. The molecule has 3 nitrogen and oxygen atoms in total. The van der Waals surface area contributed by atoms with Crippen LogP contribution in [-0.2, 0) is 4.74 Å². The van der Waals surface area contributed by atoms with E-state index in [1.807, 2.05) is 0 Å². The Morgan fingerprint density at radius 1 is 1.38 bits per heavy atom. The maximum atomic E-state index is 6.22. The normalized spacial score (nSPS) is 37.4. The Kier molecular flexibility index (Phi) is 5.88. The minimum Gasteiger partial charge on any atom is -0.374 e. The highest BCUT2D eigenvalue weighted by atomic mass is 32.2. The Balaban J connectivity index is 1.59. The summed E-state index contributed by atoms with van der Waals surface area (Å²) in [4.78, 5) is 2.81. The van der Waals surface area contributed by atoms with Crippen LogP contribution in [0.5, 0.6) is 0 Å². The topological polar surface area (TPSA) is 24.5 Å². The lowest BCUT2D eigenvalue weighted by molar-refractivity contribution is -0.0913. The van der Waals surface area contributed by atoms with Gasteiger partial charge in [-0.2, -0.15) is 11.8 Å². The molecule has 3 aliphatic heterocycles. The summed E-state index contributed by atoms with van der Waals surface area (Å²) in [6, 6.07) is 0.763. The van der Waals surface area contributed by atoms with E-state index < -0.39 is 0 Å². The van der Waals surface area contributed by atoms with E-state index in [9.17, 15) is 0 Å². The van der Waals surface area contributed by atoms with Crippen molar-refractivity contribution in [2.24, 2.45) is 5.92 Å². The maximum Gasteiger partial charge on any atom is 0.0795 e. The Hall–Kier alpha value is 0.230. The second kappa shape index (κ2) is 7.67. The molecule has 4 heteroatoms. The van der Waals surface area contributed by atoms with Gasteiger partial charge in [0.05, 0.1) is 5.60 Å². The smallest absolute Gasteiger partial charge is 0.0795 e. The summed E-state index contributed by atoms with van der Waals surface area (Å²) in [5.41, 5.74) is 0.227. The van der Waals surface area contributed by atoms with Crippen molar-refractivity contribution in [3.05, 3.63) is 0 Å². The van der Waals surface area contributed by atoms with Gasteiger partial charge in [-0.1, -0.05) is 6.92 Å². The van der Waals surface area contributed by atoms with E-state index in [-0.39, 0.29) is 5.60 Å². The summed E-state index contributed by atoms with van der Waals surface area (Å²) in [6.45, 7) is 8.33. The predicted molar refractivity (Wildman–Crippen MR) is 91.1 cm³/mol. The number of nitrogens with one attached hydrogen (secondary N) is 1. The molecule has 3 heterocycles. The molecule has 3 atom stereocenters. The molecule has 0 bridgehead atoms. The van der Waals surface area contributed by atoms with Crippen molar-refractivity contribution < 1.29 is 4.74 Å². The van der Waals surface area contributed by atoms with Crippen molar-refractivity contribution in [3.63, 3.8) is 0 Å². The predicted octanol–water partition coefficient (Wildman–Crippen LogP) is 2.75. The standard InChI is InChI=1S/C17H32N2OS/c1-2-8-19(13-15-4-3-7-18-12-15)16-5-9-20-17(11-16)6-10-21-14-17/h15-16,18H,2-14H2,1H3. The van der Waals surface area contributed by atoms with Gasteiger partial charge in [0, 0.05) is 24.9 Å². The van der Waals surface area contributed by atoms with Gasteiger partial charge in [-0.05, 0) is 69.8 Å². The van der Waals surface area contributed by atoms with Gasteiger partial charge >= 0.3 is 0 Å². The van der Waals surface area contributed by atoms with Gasteiger partial charge in [-0.3, -0.25) is 4.90 Å². The van der Waals surface area contributed by atoms with Crippen molar-refractivity contribution in [1.82, 2.24) is 10.2 Å². The lowest BCUT2D eigenvalue weighted by Gasteiger charge is -2.44. The van der Waals surface area contributed by atoms with Gasteiger partial charge in [0.15, 0.2) is 0 Å². The Morgan fingerprint density at radius 2 is 2.33 bits per heavy atom. The summed E-state index contributed by atoms with van der Waals surface area (Å²) >= 11 is 2.09. The van der Waals surface area contributed by atoms with Gasteiger partial charge in [-0.15, -0.1) is 0 Å². The number of ether oxygens (including phenoxy) is 1. The molecule has 0 aromatic carbocycles. The Labute approximate surface area is 134 Å². The molecule has 122 valence electrons. The summed E-state index contributed by atoms with van der Waals surface area (Å²) in [6.07, 6.45) is 7.85. The first kappa shape index (κ1) is 16.1. The number of rotatable bonds is 5. The van der Waals surface area contributed by atoms with Crippen LogP contribution in [0.2, 0.25) is 0 Å². The number of hydrogen-bond donors (Lipinski definition) is 1. The molecule has 3 fully saturated rings. The third-order valence-corrected chi connectivity index (χ3v) is 6.68. The third-order valence-electron chi connectivity index (χ3n) is 5.45. The average Bonchev–Trinajstić information content (AvgIpc) is 2.96. The van der Waals surface area contributed by atoms with Crippen molar-refractivity contribution in [2.45, 2.75) is 57.1 Å². The quantitative estimate of drug-likeness (QED) is 0.844. The summed E-state index contributed by atoms with van der Waals surface area (Å²) in [5.74, 6) is 3.39. The first-order chi connectivity index (χ1) is 10.3. The molecule has 3 saturated heterocycles. The van der Waals surface area contributed by atoms with E-state index >= 15 is 0 Å². The van der Waals surface area contributed by atoms with Crippen LogP contribution in [0.15, 0.2) is 0 Å². The zero-order valence-electron chi connectivity index (χ0n) is 13.6. The highest BCUT2D eigenvalue weighted by Gasteiger charge is 2.42. The second-order valence-corrected chi connectivity index (χ2v) is 8.29. The largest absolute Gasteiger partial charge is 0.374 e. The summed E-state index contributed by atoms with van der Waals surface area (Å²) in [5, 5.41) is 3.58. The van der Waals surface area contributed by atoms with Gasteiger partial charge in [0.1, 0.15) is 0 Å². The molecule has 0 radical (unpaired) electrons. The Bertz CT molecular complexity index is 314. The molecule has 1 N–H and O–H groups in total. The molecule has 0 aromatic heterocycles. The minimum absolute atomic E-state index is 0.227. The van der Waals surface area contributed by atoms with E-state index in [2.05, 4.69) is 28.9 Å². The summed E-state index contributed by atoms with van der Waals surface area (Å²) < 4.78 is 6.22. The van der Waals surface area contributed by atoms with Crippen LogP contribution in [0.3, 0.4) is 0 Å². The van der Waals surface area contributed by atoms with Gasteiger partial charge in [0.2, 0.25) is 0 Å². The van der Waals surface area contributed by atoms with Crippen LogP contribution < -0.4 is 5.32 Å². The van der Waals surface area contributed by atoms with Crippen molar-refractivity contribution >= 4 is 11.8 Å². The van der Waals surface area contributed by atoms with E-state index in [0.717, 1.165) is 18.6 Å². The van der Waals surface area contributed by atoms with Crippen LogP contribution in [0, 0.1) is 5.92 Å². The molecule has 0 aromatic rings. The van der Waals surface area contributed by atoms with E-state index in [1.165, 1.54) is 76.2 Å². The monoisotopic (exact) mass is 312 g/mol. The molecule has 0 saturated carbocycles. The Morgan fingerprint density at radius 3 is 3.05 bits per heavy atom. The number of hydrogen-bond acceptors (Lipinski definition) is 4. The fraction of sp³-hybridized carbons (Fsp3) is 1.00. The average molecular weight is 313 g/mol.